The Kier molecular flexibility index (Phi) is 7.06. The number of rotatable bonds is 6. The maximum Gasteiger partial charge on any atom is 0.319 e. The molecule has 0 unspecified atom stereocenters. The summed E-state index contributed by atoms with van der Waals surface area (Å²) < 4.78 is 5.34. The van der Waals surface area contributed by atoms with Gasteiger partial charge in [-0.3, -0.25) is 9.69 Å². The van der Waals surface area contributed by atoms with Crippen LogP contribution in [-0.4, -0.2) is 74.2 Å². The maximum atomic E-state index is 12.8. The summed E-state index contributed by atoms with van der Waals surface area (Å²) >= 11 is 0. The topological polar surface area (TPSA) is 73.9 Å². The number of likely N-dealkylation sites (tertiary alicyclic amines) is 1. The van der Waals surface area contributed by atoms with Crippen LogP contribution in [0, 0.1) is 6.92 Å². The number of hydrogen-bond donors (Lipinski definition) is 2. The Morgan fingerprint density at radius 1 is 1.11 bits per heavy atom. The molecule has 2 saturated heterocycles. The van der Waals surface area contributed by atoms with Crippen molar-refractivity contribution in [2.45, 2.75) is 26.2 Å². The summed E-state index contributed by atoms with van der Waals surface area (Å²) in [5.74, 6) is -0.00109. The Labute approximate surface area is 161 Å². The number of carbonyl (C=O) groups is 2. The molecule has 0 saturated carbocycles. The van der Waals surface area contributed by atoms with Gasteiger partial charge in [-0.1, -0.05) is 12.1 Å². The van der Waals surface area contributed by atoms with Crippen molar-refractivity contribution in [3.05, 3.63) is 29.3 Å². The first kappa shape index (κ1) is 19.6. The lowest BCUT2D eigenvalue weighted by molar-refractivity contribution is 0.0375. The van der Waals surface area contributed by atoms with E-state index in [4.69, 9.17) is 4.74 Å². The number of nitrogens with one attached hydrogen (secondary N) is 2. The van der Waals surface area contributed by atoms with Crippen LogP contribution in [0.15, 0.2) is 18.2 Å². The number of aryl methyl sites for hydroxylation is 1. The molecule has 0 radical (unpaired) electrons. The normalized spacial score (nSPS) is 17.7. The lowest BCUT2D eigenvalue weighted by atomic mass is 10.1. The number of anilines is 1. The van der Waals surface area contributed by atoms with Gasteiger partial charge in [-0.15, -0.1) is 0 Å². The summed E-state index contributed by atoms with van der Waals surface area (Å²) in [7, 11) is 0. The molecule has 7 heteroatoms. The zero-order chi connectivity index (χ0) is 19.1. The summed E-state index contributed by atoms with van der Waals surface area (Å²) in [6.45, 7) is 8.53. The predicted molar refractivity (Wildman–Crippen MR) is 105 cm³/mol. The van der Waals surface area contributed by atoms with E-state index in [0.717, 1.165) is 70.8 Å². The van der Waals surface area contributed by atoms with Gasteiger partial charge in [0.05, 0.1) is 24.5 Å². The number of para-hydroxylation sites is 1. The number of hydrogen-bond acceptors (Lipinski definition) is 4. The molecule has 2 aliphatic rings. The van der Waals surface area contributed by atoms with Crippen LogP contribution < -0.4 is 10.6 Å². The Balaban J connectivity index is 1.51. The molecule has 1 aromatic rings. The van der Waals surface area contributed by atoms with Crippen molar-refractivity contribution < 1.29 is 14.3 Å². The average molecular weight is 374 g/mol. The minimum Gasteiger partial charge on any atom is -0.379 e. The number of benzene rings is 1. The molecule has 7 nitrogen and oxygen atoms in total. The molecule has 27 heavy (non-hydrogen) atoms. The van der Waals surface area contributed by atoms with Crippen LogP contribution in [0.25, 0.3) is 0 Å². The van der Waals surface area contributed by atoms with Crippen molar-refractivity contribution in [3.63, 3.8) is 0 Å². The van der Waals surface area contributed by atoms with Crippen molar-refractivity contribution in [1.82, 2.24) is 15.1 Å². The van der Waals surface area contributed by atoms with Gasteiger partial charge >= 0.3 is 6.03 Å². The first-order valence-electron chi connectivity index (χ1n) is 9.89. The third-order valence-corrected chi connectivity index (χ3v) is 5.18. The van der Waals surface area contributed by atoms with E-state index >= 15 is 0 Å². The SMILES string of the molecule is Cc1cccc(C(=O)N2CCCC2)c1NC(=O)NCCCN1CCOCC1. The van der Waals surface area contributed by atoms with Gasteiger partial charge < -0.3 is 20.3 Å². The van der Waals surface area contributed by atoms with Crippen LogP contribution in [0.3, 0.4) is 0 Å². The Morgan fingerprint density at radius 3 is 2.59 bits per heavy atom. The van der Waals surface area contributed by atoms with Gasteiger partial charge in [-0.25, -0.2) is 4.79 Å². The number of urea groups is 1. The van der Waals surface area contributed by atoms with Gasteiger partial charge in [-0.2, -0.15) is 0 Å². The average Bonchev–Trinajstić information content (AvgIpc) is 3.22. The first-order valence-corrected chi connectivity index (χ1v) is 9.89. The summed E-state index contributed by atoms with van der Waals surface area (Å²) in [6, 6.07) is 5.31. The molecule has 1 aromatic carbocycles. The standard InChI is InChI=1S/C20H30N4O3/c1-16-6-4-7-17(19(25)24-10-2-3-11-24)18(16)22-20(26)21-8-5-9-23-12-14-27-15-13-23/h4,6-7H,2-3,5,8-15H2,1H3,(H2,21,22,26). The van der Waals surface area contributed by atoms with Gasteiger partial charge in [0.1, 0.15) is 0 Å². The molecule has 0 spiro atoms. The highest BCUT2D eigenvalue weighted by Crippen LogP contribution is 2.23. The minimum absolute atomic E-state index is 0.00109. The molecule has 148 valence electrons. The molecule has 0 aromatic heterocycles. The van der Waals surface area contributed by atoms with Crippen LogP contribution in [0.4, 0.5) is 10.5 Å². The van der Waals surface area contributed by atoms with Crippen molar-refractivity contribution >= 4 is 17.6 Å². The lowest BCUT2D eigenvalue weighted by Gasteiger charge is -2.26. The Hall–Kier alpha value is -2.12. The number of carbonyl (C=O) groups excluding carboxylic acids is 2. The highest BCUT2D eigenvalue weighted by molar-refractivity contribution is 6.04. The summed E-state index contributed by atoms with van der Waals surface area (Å²) in [5, 5.41) is 5.79. The van der Waals surface area contributed by atoms with Crippen molar-refractivity contribution in [1.29, 1.82) is 0 Å². The lowest BCUT2D eigenvalue weighted by Crippen LogP contribution is -2.38. The first-order chi connectivity index (χ1) is 13.1. The van der Waals surface area contributed by atoms with Gasteiger partial charge in [0.2, 0.25) is 0 Å². The molecule has 3 rings (SSSR count). The number of ether oxygens (including phenoxy) is 1. The second-order valence-electron chi connectivity index (χ2n) is 7.19. The number of amides is 3. The molecule has 2 aliphatic heterocycles. The quantitative estimate of drug-likeness (QED) is 0.748. The highest BCUT2D eigenvalue weighted by Gasteiger charge is 2.23. The molecule has 2 heterocycles. The molecular weight excluding hydrogens is 344 g/mol. The molecular formula is C20H30N4O3. The van der Waals surface area contributed by atoms with Crippen molar-refractivity contribution in [2.24, 2.45) is 0 Å². The molecule has 2 fully saturated rings. The van der Waals surface area contributed by atoms with Crippen molar-refractivity contribution in [3.8, 4) is 0 Å². The molecule has 0 aliphatic carbocycles. The maximum absolute atomic E-state index is 12.8. The van der Waals surface area contributed by atoms with E-state index in [9.17, 15) is 9.59 Å². The van der Waals surface area contributed by atoms with E-state index in [1.165, 1.54) is 0 Å². The summed E-state index contributed by atoms with van der Waals surface area (Å²) in [4.78, 5) is 29.3. The van der Waals surface area contributed by atoms with E-state index in [1.807, 2.05) is 24.0 Å². The summed E-state index contributed by atoms with van der Waals surface area (Å²) in [5.41, 5.74) is 2.07. The molecule has 2 N–H and O–H groups in total. The van der Waals surface area contributed by atoms with Crippen LogP contribution in [0.2, 0.25) is 0 Å². The van der Waals surface area contributed by atoms with Crippen LogP contribution in [0.5, 0.6) is 0 Å². The number of morpholine rings is 1. The zero-order valence-corrected chi connectivity index (χ0v) is 16.1. The molecule has 0 atom stereocenters. The Morgan fingerprint density at radius 2 is 1.85 bits per heavy atom. The monoisotopic (exact) mass is 374 g/mol. The number of nitrogens with zero attached hydrogens (tertiary/aromatic N) is 2. The fourth-order valence-corrected chi connectivity index (χ4v) is 3.59. The second-order valence-corrected chi connectivity index (χ2v) is 7.19. The largest absolute Gasteiger partial charge is 0.379 e. The predicted octanol–water partition coefficient (Wildman–Crippen LogP) is 2.07. The van der Waals surface area contributed by atoms with Gasteiger partial charge in [0.25, 0.3) is 5.91 Å². The second kappa shape index (κ2) is 9.71. The third kappa shape index (κ3) is 5.43. The van der Waals surface area contributed by atoms with Crippen LogP contribution in [-0.2, 0) is 4.74 Å². The van der Waals surface area contributed by atoms with Crippen LogP contribution >= 0.6 is 0 Å². The zero-order valence-electron chi connectivity index (χ0n) is 16.1. The minimum atomic E-state index is -0.262. The third-order valence-electron chi connectivity index (χ3n) is 5.18. The highest BCUT2D eigenvalue weighted by atomic mass is 16.5. The van der Waals surface area contributed by atoms with E-state index in [1.54, 1.807) is 6.07 Å². The van der Waals surface area contributed by atoms with Gasteiger partial charge in [0, 0.05) is 32.7 Å². The van der Waals surface area contributed by atoms with Gasteiger partial charge in [-0.05, 0) is 44.4 Å². The smallest absolute Gasteiger partial charge is 0.319 e. The summed E-state index contributed by atoms with van der Waals surface area (Å²) in [6.07, 6.45) is 2.98. The van der Waals surface area contributed by atoms with Gasteiger partial charge in [0.15, 0.2) is 0 Å². The van der Waals surface area contributed by atoms with Crippen LogP contribution in [0.1, 0.15) is 35.2 Å². The van der Waals surface area contributed by atoms with E-state index in [2.05, 4.69) is 15.5 Å². The van der Waals surface area contributed by atoms with E-state index in [-0.39, 0.29) is 11.9 Å². The Bertz CT molecular complexity index is 653. The van der Waals surface area contributed by atoms with E-state index in [0.29, 0.717) is 17.8 Å². The fraction of sp³-hybridized carbons (Fsp3) is 0.600. The fourth-order valence-electron chi connectivity index (χ4n) is 3.59. The van der Waals surface area contributed by atoms with Crippen molar-refractivity contribution in [2.75, 3.05) is 57.8 Å². The van der Waals surface area contributed by atoms with E-state index < -0.39 is 0 Å². The molecule has 3 amide bonds. The molecule has 0 bridgehead atoms.